The van der Waals surface area contributed by atoms with Crippen molar-refractivity contribution in [1.29, 1.82) is 0 Å². The van der Waals surface area contributed by atoms with Crippen LogP contribution in [0.15, 0.2) is 12.1 Å². The summed E-state index contributed by atoms with van der Waals surface area (Å²) in [4.78, 5) is 0. The minimum Gasteiger partial charge on any atom is -0.508 e. The molecule has 0 atom stereocenters. The molecule has 0 aliphatic carbocycles. The number of rotatable bonds is 0. The summed E-state index contributed by atoms with van der Waals surface area (Å²) in [5.74, 6) is 0.332. The van der Waals surface area contributed by atoms with E-state index in [0.717, 1.165) is 30.6 Å². The molecule has 0 bridgehead atoms. The van der Waals surface area contributed by atoms with Crippen LogP contribution in [0.5, 0.6) is 5.75 Å². The molecule has 0 saturated carbocycles. The highest BCUT2D eigenvalue weighted by Crippen LogP contribution is 2.28. The lowest BCUT2D eigenvalue weighted by Crippen LogP contribution is -2.23. The third-order valence-corrected chi connectivity index (χ3v) is 2.37. The highest BCUT2D eigenvalue weighted by atomic mass is 35.5. The van der Waals surface area contributed by atoms with Crippen molar-refractivity contribution in [2.24, 2.45) is 0 Å². The van der Waals surface area contributed by atoms with Gasteiger partial charge in [0.1, 0.15) is 5.75 Å². The van der Waals surface area contributed by atoms with E-state index in [0.29, 0.717) is 10.8 Å². The van der Waals surface area contributed by atoms with Crippen molar-refractivity contribution < 1.29 is 5.11 Å². The first kappa shape index (κ1) is 7.90. The maximum atomic E-state index is 9.52. The Bertz CT molecular complexity index is 312. The number of benzene rings is 1. The largest absolute Gasteiger partial charge is 0.508 e. The molecule has 1 aliphatic rings. The van der Waals surface area contributed by atoms with Gasteiger partial charge in [-0.3, -0.25) is 0 Å². The third-order valence-electron chi connectivity index (χ3n) is 2.15. The van der Waals surface area contributed by atoms with Crippen LogP contribution in [0.3, 0.4) is 0 Å². The Morgan fingerprint density at radius 1 is 1.42 bits per heavy atom. The maximum Gasteiger partial charge on any atom is 0.120 e. The molecule has 2 nitrogen and oxygen atoms in total. The van der Waals surface area contributed by atoms with Gasteiger partial charge in [-0.25, -0.2) is 0 Å². The van der Waals surface area contributed by atoms with Crippen LogP contribution in [0.1, 0.15) is 11.1 Å². The maximum absolute atomic E-state index is 9.52. The molecule has 0 amide bonds. The lowest BCUT2D eigenvalue weighted by atomic mass is 10.0. The summed E-state index contributed by atoms with van der Waals surface area (Å²) in [6.07, 6.45) is 0.887. The molecule has 1 aromatic carbocycles. The third kappa shape index (κ3) is 1.28. The molecule has 1 aliphatic heterocycles. The second kappa shape index (κ2) is 2.96. The minimum atomic E-state index is 0.332. The van der Waals surface area contributed by atoms with Crippen molar-refractivity contribution in [3.05, 3.63) is 28.3 Å². The van der Waals surface area contributed by atoms with Gasteiger partial charge >= 0.3 is 0 Å². The SMILES string of the molecule is Oc1cc(Cl)cc2c1CCNC2. The molecule has 2 N–H and O–H groups in total. The van der Waals surface area contributed by atoms with Crippen LogP contribution in [-0.2, 0) is 13.0 Å². The van der Waals surface area contributed by atoms with Crippen LogP contribution in [-0.4, -0.2) is 11.7 Å². The number of fused-ring (bicyclic) bond motifs is 1. The van der Waals surface area contributed by atoms with Crippen molar-refractivity contribution in [2.75, 3.05) is 6.54 Å². The molecule has 3 heteroatoms. The second-order valence-electron chi connectivity index (χ2n) is 2.99. The number of hydrogen-bond donors (Lipinski definition) is 2. The van der Waals surface area contributed by atoms with Crippen molar-refractivity contribution in [3.8, 4) is 5.75 Å². The summed E-state index contributed by atoms with van der Waals surface area (Å²) in [7, 11) is 0. The highest BCUT2D eigenvalue weighted by Gasteiger charge is 2.12. The molecule has 1 heterocycles. The summed E-state index contributed by atoms with van der Waals surface area (Å²) in [6, 6.07) is 3.51. The number of phenols is 1. The first-order valence-electron chi connectivity index (χ1n) is 3.98. The van der Waals surface area contributed by atoms with Crippen molar-refractivity contribution in [2.45, 2.75) is 13.0 Å². The Morgan fingerprint density at radius 3 is 3.08 bits per heavy atom. The summed E-state index contributed by atoms with van der Waals surface area (Å²) in [5, 5.41) is 13.4. The molecule has 0 aromatic heterocycles. The van der Waals surface area contributed by atoms with E-state index >= 15 is 0 Å². The minimum absolute atomic E-state index is 0.332. The van der Waals surface area contributed by atoms with E-state index in [1.807, 2.05) is 6.07 Å². The summed E-state index contributed by atoms with van der Waals surface area (Å²) < 4.78 is 0. The molecule has 12 heavy (non-hydrogen) atoms. The highest BCUT2D eigenvalue weighted by molar-refractivity contribution is 6.30. The normalized spacial score (nSPS) is 15.8. The molecular formula is C9H10ClNO. The van der Waals surface area contributed by atoms with Gasteiger partial charge in [0.15, 0.2) is 0 Å². The van der Waals surface area contributed by atoms with Crippen LogP contribution in [0.4, 0.5) is 0 Å². The molecule has 0 unspecified atom stereocenters. The molecule has 0 saturated heterocycles. The van der Waals surface area contributed by atoms with E-state index in [-0.39, 0.29) is 0 Å². The average Bonchev–Trinajstić information content (AvgIpc) is 2.04. The van der Waals surface area contributed by atoms with Crippen molar-refractivity contribution in [1.82, 2.24) is 5.32 Å². The summed E-state index contributed by atoms with van der Waals surface area (Å²) in [6.45, 7) is 1.74. The quantitative estimate of drug-likeness (QED) is 0.642. The van der Waals surface area contributed by atoms with Gasteiger partial charge in [0.25, 0.3) is 0 Å². The van der Waals surface area contributed by atoms with Gasteiger partial charge in [-0.1, -0.05) is 11.6 Å². The number of phenolic OH excluding ortho intramolecular Hbond substituents is 1. The molecule has 0 fully saturated rings. The lowest BCUT2D eigenvalue weighted by Gasteiger charge is -2.18. The van der Waals surface area contributed by atoms with Crippen LogP contribution < -0.4 is 5.32 Å². The van der Waals surface area contributed by atoms with Crippen molar-refractivity contribution >= 4 is 11.6 Å². The Morgan fingerprint density at radius 2 is 2.25 bits per heavy atom. The van der Waals surface area contributed by atoms with Crippen LogP contribution in [0, 0.1) is 0 Å². The lowest BCUT2D eigenvalue weighted by molar-refractivity contribution is 0.461. The van der Waals surface area contributed by atoms with Crippen molar-refractivity contribution in [3.63, 3.8) is 0 Å². The fourth-order valence-electron chi connectivity index (χ4n) is 1.56. The Kier molecular flexibility index (Phi) is 1.95. The second-order valence-corrected chi connectivity index (χ2v) is 3.43. The molecular weight excluding hydrogens is 174 g/mol. The zero-order chi connectivity index (χ0) is 8.55. The predicted octanol–water partition coefficient (Wildman–Crippen LogP) is 1.69. The van der Waals surface area contributed by atoms with E-state index in [2.05, 4.69) is 5.32 Å². The monoisotopic (exact) mass is 183 g/mol. The van der Waals surface area contributed by atoms with Crippen LogP contribution >= 0.6 is 11.6 Å². The van der Waals surface area contributed by atoms with E-state index in [9.17, 15) is 5.11 Å². The average molecular weight is 184 g/mol. The van der Waals surface area contributed by atoms with Crippen LogP contribution in [0.2, 0.25) is 5.02 Å². The Hall–Kier alpha value is -0.730. The van der Waals surface area contributed by atoms with Gasteiger partial charge in [0, 0.05) is 11.6 Å². The molecule has 64 valence electrons. The van der Waals surface area contributed by atoms with E-state index < -0.39 is 0 Å². The zero-order valence-corrected chi connectivity index (χ0v) is 7.36. The first-order chi connectivity index (χ1) is 5.77. The topological polar surface area (TPSA) is 32.3 Å². The smallest absolute Gasteiger partial charge is 0.120 e. The number of aromatic hydroxyl groups is 1. The number of nitrogens with one attached hydrogen (secondary N) is 1. The van der Waals surface area contributed by atoms with Gasteiger partial charge in [-0.15, -0.1) is 0 Å². The summed E-state index contributed by atoms with van der Waals surface area (Å²) >= 11 is 5.79. The first-order valence-corrected chi connectivity index (χ1v) is 4.36. The van der Waals surface area contributed by atoms with Crippen LogP contribution in [0.25, 0.3) is 0 Å². The van der Waals surface area contributed by atoms with E-state index in [1.54, 1.807) is 6.07 Å². The Balaban J connectivity index is 2.53. The van der Waals surface area contributed by atoms with Gasteiger partial charge in [0.05, 0.1) is 0 Å². The van der Waals surface area contributed by atoms with E-state index in [4.69, 9.17) is 11.6 Å². The molecule has 0 radical (unpaired) electrons. The van der Waals surface area contributed by atoms with Gasteiger partial charge in [-0.05, 0) is 36.2 Å². The van der Waals surface area contributed by atoms with Gasteiger partial charge in [-0.2, -0.15) is 0 Å². The molecule has 2 rings (SSSR count). The zero-order valence-electron chi connectivity index (χ0n) is 6.60. The molecule has 1 aromatic rings. The Labute approximate surface area is 76.2 Å². The summed E-state index contributed by atoms with van der Waals surface area (Å²) in [5.41, 5.74) is 2.16. The van der Waals surface area contributed by atoms with E-state index in [1.165, 1.54) is 0 Å². The standard InChI is InChI=1S/C9H10ClNO/c10-7-3-6-5-11-2-1-8(6)9(12)4-7/h3-4,11-12H,1-2,5H2. The van der Waals surface area contributed by atoms with Gasteiger partial charge < -0.3 is 10.4 Å². The number of hydrogen-bond acceptors (Lipinski definition) is 2. The predicted molar refractivity (Wildman–Crippen MR) is 48.5 cm³/mol. The molecule has 0 spiro atoms. The number of halogens is 1. The van der Waals surface area contributed by atoms with Gasteiger partial charge in [0.2, 0.25) is 0 Å². The fraction of sp³-hybridized carbons (Fsp3) is 0.333. The fourth-order valence-corrected chi connectivity index (χ4v) is 1.80.